The molecule has 1 aromatic rings. The van der Waals surface area contributed by atoms with Crippen molar-refractivity contribution in [2.75, 3.05) is 13.1 Å². The summed E-state index contributed by atoms with van der Waals surface area (Å²) in [6.45, 7) is 9.14. The molecule has 2 heteroatoms. The minimum atomic E-state index is 0.215. The van der Waals surface area contributed by atoms with Crippen molar-refractivity contribution in [1.82, 2.24) is 5.32 Å². The highest BCUT2D eigenvalue weighted by Crippen LogP contribution is 2.31. The van der Waals surface area contributed by atoms with E-state index in [0.717, 1.165) is 5.92 Å². The van der Waals surface area contributed by atoms with E-state index in [4.69, 9.17) is 0 Å². The molecule has 1 N–H and O–H groups in total. The molecule has 0 saturated carbocycles. The minimum Gasteiger partial charge on any atom is -0.316 e. The zero-order chi connectivity index (χ0) is 12.5. The second-order valence-corrected chi connectivity index (χ2v) is 6.98. The van der Waals surface area contributed by atoms with Crippen LogP contribution in [0.25, 0.3) is 0 Å². The molecule has 1 aliphatic heterocycles. The van der Waals surface area contributed by atoms with Crippen LogP contribution in [-0.4, -0.2) is 13.1 Å². The van der Waals surface area contributed by atoms with Gasteiger partial charge in [0.05, 0.1) is 0 Å². The first-order chi connectivity index (χ1) is 7.97. The van der Waals surface area contributed by atoms with Gasteiger partial charge in [0.15, 0.2) is 0 Å². The van der Waals surface area contributed by atoms with Gasteiger partial charge in [0.2, 0.25) is 0 Å². The lowest BCUT2D eigenvalue weighted by molar-refractivity contribution is 0.574. The predicted octanol–water partition coefficient (Wildman–Crippen LogP) is 3.90. The summed E-state index contributed by atoms with van der Waals surface area (Å²) >= 11 is 3.72. The van der Waals surface area contributed by atoms with Gasteiger partial charge in [0, 0.05) is 4.47 Å². The molecule has 1 saturated heterocycles. The van der Waals surface area contributed by atoms with Gasteiger partial charge in [0.25, 0.3) is 0 Å². The molecular formula is C15H22BrN. The van der Waals surface area contributed by atoms with Crippen LogP contribution in [0.15, 0.2) is 22.7 Å². The zero-order valence-corrected chi connectivity index (χ0v) is 12.6. The van der Waals surface area contributed by atoms with E-state index in [-0.39, 0.29) is 5.41 Å². The van der Waals surface area contributed by atoms with Crippen molar-refractivity contribution >= 4 is 15.9 Å². The molecular weight excluding hydrogens is 274 g/mol. The average molecular weight is 296 g/mol. The quantitative estimate of drug-likeness (QED) is 0.873. The minimum absolute atomic E-state index is 0.215. The smallest absolute Gasteiger partial charge is 0.0215 e. The van der Waals surface area contributed by atoms with E-state index in [1.54, 1.807) is 0 Å². The molecule has 0 bridgehead atoms. The van der Waals surface area contributed by atoms with Crippen LogP contribution in [0.2, 0.25) is 0 Å². The maximum Gasteiger partial charge on any atom is 0.0215 e. The van der Waals surface area contributed by atoms with E-state index in [0.29, 0.717) is 0 Å². The predicted molar refractivity (Wildman–Crippen MR) is 77.5 cm³/mol. The number of halogens is 1. The Hall–Kier alpha value is -0.340. The lowest BCUT2D eigenvalue weighted by atomic mass is 9.86. The van der Waals surface area contributed by atoms with E-state index in [9.17, 15) is 0 Å². The third kappa shape index (κ3) is 3.32. The molecule has 1 heterocycles. The second kappa shape index (κ2) is 5.11. The van der Waals surface area contributed by atoms with Crippen LogP contribution in [-0.2, 0) is 11.8 Å². The summed E-state index contributed by atoms with van der Waals surface area (Å²) in [5, 5.41) is 3.43. The van der Waals surface area contributed by atoms with Gasteiger partial charge >= 0.3 is 0 Å². The number of nitrogens with one attached hydrogen (secondary N) is 1. The van der Waals surface area contributed by atoms with Gasteiger partial charge in [-0.2, -0.15) is 0 Å². The van der Waals surface area contributed by atoms with E-state index in [1.807, 2.05) is 0 Å². The van der Waals surface area contributed by atoms with Crippen LogP contribution in [0.5, 0.6) is 0 Å². The monoisotopic (exact) mass is 295 g/mol. The fourth-order valence-electron chi connectivity index (χ4n) is 2.52. The van der Waals surface area contributed by atoms with Crippen molar-refractivity contribution in [3.63, 3.8) is 0 Å². The largest absolute Gasteiger partial charge is 0.316 e. The maximum absolute atomic E-state index is 3.72. The van der Waals surface area contributed by atoms with Gasteiger partial charge in [-0.15, -0.1) is 0 Å². The Morgan fingerprint density at radius 3 is 2.65 bits per heavy atom. The maximum atomic E-state index is 3.72. The molecule has 0 amide bonds. The summed E-state index contributed by atoms with van der Waals surface area (Å²) in [4.78, 5) is 0. The third-order valence-electron chi connectivity index (χ3n) is 3.53. The van der Waals surface area contributed by atoms with Gasteiger partial charge in [0.1, 0.15) is 0 Å². The summed E-state index contributed by atoms with van der Waals surface area (Å²) in [6.07, 6.45) is 2.52. The number of benzene rings is 1. The fourth-order valence-corrected chi connectivity index (χ4v) is 3.54. The highest BCUT2D eigenvalue weighted by Gasteiger charge is 2.19. The van der Waals surface area contributed by atoms with E-state index >= 15 is 0 Å². The van der Waals surface area contributed by atoms with Crippen LogP contribution in [0, 0.1) is 5.92 Å². The molecule has 1 fully saturated rings. The Kier molecular flexibility index (Phi) is 3.94. The van der Waals surface area contributed by atoms with Crippen molar-refractivity contribution in [2.24, 2.45) is 5.92 Å². The Morgan fingerprint density at radius 1 is 1.35 bits per heavy atom. The first-order valence-electron chi connectivity index (χ1n) is 6.46. The fraction of sp³-hybridized carbons (Fsp3) is 0.600. The highest BCUT2D eigenvalue weighted by atomic mass is 79.9. The molecule has 0 radical (unpaired) electrons. The molecule has 1 nitrogen and oxygen atoms in total. The number of rotatable bonds is 2. The molecule has 1 unspecified atom stereocenters. The van der Waals surface area contributed by atoms with Crippen molar-refractivity contribution in [3.8, 4) is 0 Å². The lowest BCUT2D eigenvalue weighted by Crippen LogP contribution is -2.13. The molecule has 1 aromatic carbocycles. The van der Waals surface area contributed by atoms with Crippen LogP contribution in [0.1, 0.15) is 38.3 Å². The molecule has 94 valence electrons. The second-order valence-electron chi connectivity index (χ2n) is 6.13. The van der Waals surface area contributed by atoms with E-state index in [1.165, 1.54) is 41.5 Å². The van der Waals surface area contributed by atoms with Crippen molar-refractivity contribution in [3.05, 3.63) is 33.8 Å². The Bertz CT molecular complexity index is 386. The Morgan fingerprint density at radius 2 is 2.12 bits per heavy atom. The Balaban J connectivity index is 2.13. The van der Waals surface area contributed by atoms with Crippen LogP contribution >= 0.6 is 15.9 Å². The molecule has 0 spiro atoms. The SMILES string of the molecule is CC(C)(C)c1ccc(CC2CCNC2)cc1Br. The number of hydrogen-bond acceptors (Lipinski definition) is 1. The van der Waals surface area contributed by atoms with Gasteiger partial charge in [-0.3, -0.25) is 0 Å². The molecule has 1 aliphatic rings. The van der Waals surface area contributed by atoms with Crippen LogP contribution < -0.4 is 5.32 Å². The van der Waals surface area contributed by atoms with Crippen molar-refractivity contribution in [2.45, 2.75) is 39.0 Å². The summed E-state index contributed by atoms with van der Waals surface area (Å²) < 4.78 is 1.26. The van der Waals surface area contributed by atoms with Gasteiger partial charge in [-0.25, -0.2) is 0 Å². The highest BCUT2D eigenvalue weighted by molar-refractivity contribution is 9.10. The molecule has 1 atom stereocenters. The molecule has 0 aliphatic carbocycles. The topological polar surface area (TPSA) is 12.0 Å². The van der Waals surface area contributed by atoms with Gasteiger partial charge in [-0.1, -0.05) is 48.8 Å². The van der Waals surface area contributed by atoms with Gasteiger partial charge < -0.3 is 5.32 Å². The lowest BCUT2D eigenvalue weighted by Gasteiger charge is -2.21. The summed E-state index contributed by atoms with van der Waals surface area (Å²) in [6, 6.07) is 6.88. The first-order valence-corrected chi connectivity index (χ1v) is 7.26. The first kappa shape index (κ1) is 13.1. The molecule has 17 heavy (non-hydrogen) atoms. The standard InChI is InChI=1S/C15H22BrN/c1-15(2,3)13-5-4-11(9-14(13)16)8-12-6-7-17-10-12/h4-5,9,12,17H,6-8,10H2,1-3H3. The van der Waals surface area contributed by atoms with Crippen molar-refractivity contribution in [1.29, 1.82) is 0 Å². The van der Waals surface area contributed by atoms with Gasteiger partial charge in [-0.05, 0) is 54.5 Å². The third-order valence-corrected chi connectivity index (χ3v) is 4.18. The van der Waals surface area contributed by atoms with Crippen LogP contribution in [0.4, 0.5) is 0 Å². The van der Waals surface area contributed by atoms with Crippen molar-refractivity contribution < 1.29 is 0 Å². The van der Waals surface area contributed by atoms with E-state index in [2.05, 4.69) is 60.2 Å². The Labute approximate surface area is 113 Å². The summed E-state index contributed by atoms with van der Waals surface area (Å²) in [5.41, 5.74) is 3.07. The average Bonchev–Trinajstić information content (AvgIpc) is 2.68. The van der Waals surface area contributed by atoms with Crippen LogP contribution in [0.3, 0.4) is 0 Å². The zero-order valence-electron chi connectivity index (χ0n) is 11.0. The summed E-state index contributed by atoms with van der Waals surface area (Å²) in [5.74, 6) is 0.822. The summed E-state index contributed by atoms with van der Waals surface area (Å²) in [7, 11) is 0. The number of hydrogen-bond donors (Lipinski definition) is 1. The molecule has 2 rings (SSSR count). The normalized spacial score (nSPS) is 20.8. The molecule has 0 aromatic heterocycles. The van der Waals surface area contributed by atoms with E-state index < -0.39 is 0 Å².